The van der Waals surface area contributed by atoms with Gasteiger partial charge in [0.2, 0.25) is 5.91 Å². The van der Waals surface area contributed by atoms with Crippen molar-refractivity contribution < 1.29 is 39.8 Å². The summed E-state index contributed by atoms with van der Waals surface area (Å²) in [5.74, 6) is -0.194. The molecule has 0 aromatic carbocycles. The summed E-state index contributed by atoms with van der Waals surface area (Å²) in [6.45, 7) is 3.78. The number of nitrogens with one attached hydrogen (secondary N) is 1. The summed E-state index contributed by atoms with van der Waals surface area (Å²) in [7, 11) is 0. The standard InChI is InChI=1S/C59H109NO8/c1-3-5-7-9-11-13-15-17-19-21-23-25-26-27-29-30-32-34-36-38-40-42-44-46-48-53(62)52(51-67-59-58(66)57(65)56(64)54(50-61)68-59)60-55(63)49-47-45-43-41-39-37-35-33-31-28-24-22-20-18-16-14-12-10-8-6-4-2/h28,30-32,38,40,46,48,52-54,56-59,61-62,64-66H,3-27,29,33-37,39,41-45,47,49-51H2,1-2H3,(H,60,63)/b31-28-,32-30+,40-38+,48-46+. The number of carbonyl (C=O) groups is 1. The highest BCUT2D eigenvalue weighted by atomic mass is 16.7. The van der Waals surface area contributed by atoms with Gasteiger partial charge in [-0.05, 0) is 70.6 Å². The first kappa shape index (κ1) is 64.2. The van der Waals surface area contributed by atoms with Crippen LogP contribution in [0.2, 0.25) is 0 Å². The maximum atomic E-state index is 13.0. The minimum atomic E-state index is -1.58. The van der Waals surface area contributed by atoms with E-state index in [2.05, 4.69) is 55.6 Å². The first-order valence-corrected chi connectivity index (χ1v) is 28.9. The van der Waals surface area contributed by atoms with E-state index >= 15 is 0 Å². The van der Waals surface area contributed by atoms with E-state index in [4.69, 9.17) is 9.47 Å². The van der Waals surface area contributed by atoms with E-state index in [0.717, 1.165) is 57.8 Å². The third-order valence-corrected chi connectivity index (χ3v) is 13.6. The molecule has 0 aromatic rings. The molecule has 0 aliphatic carbocycles. The number of aliphatic hydroxyl groups excluding tert-OH is 5. The lowest BCUT2D eigenvalue weighted by Crippen LogP contribution is -2.60. The molecule has 1 fully saturated rings. The van der Waals surface area contributed by atoms with Gasteiger partial charge in [-0.15, -0.1) is 0 Å². The van der Waals surface area contributed by atoms with Gasteiger partial charge in [-0.2, -0.15) is 0 Å². The highest BCUT2D eigenvalue weighted by Crippen LogP contribution is 2.23. The Morgan fingerprint density at radius 2 is 0.838 bits per heavy atom. The van der Waals surface area contributed by atoms with Crippen LogP contribution >= 0.6 is 0 Å². The Balaban J connectivity index is 2.28. The van der Waals surface area contributed by atoms with Gasteiger partial charge in [0.1, 0.15) is 24.4 Å². The van der Waals surface area contributed by atoms with Gasteiger partial charge < -0.3 is 40.3 Å². The van der Waals surface area contributed by atoms with Crippen molar-refractivity contribution in [1.29, 1.82) is 0 Å². The molecule has 0 spiro atoms. The van der Waals surface area contributed by atoms with Gasteiger partial charge in [-0.1, -0.05) is 236 Å². The molecule has 1 aliphatic rings. The number of hydrogen-bond acceptors (Lipinski definition) is 8. The van der Waals surface area contributed by atoms with Crippen molar-refractivity contribution in [2.75, 3.05) is 13.2 Å². The molecule has 9 heteroatoms. The molecule has 398 valence electrons. The summed E-state index contributed by atoms with van der Waals surface area (Å²) >= 11 is 0. The Labute approximate surface area is 418 Å². The van der Waals surface area contributed by atoms with Gasteiger partial charge in [0.05, 0.1) is 25.4 Å². The second-order valence-corrected chi connectivity index (χ2v) is 20.1. The molecule has 1 heterocycles. The van der Waals surface area contributed by atoms with E-state index in [1.165, 1.54) is 186 Å². The second kappa shape index (κ2) is 48.8. The van der Waals surface area contributed by atoms with Crippen LogP contribution in [0.4, 0.5) is 0 Å². The van der Waals surface area contributed by atoms with E-state index in [1.807, 2.05) is 6.08 Å². The van der Waals surface area contributed by atoms with Crippen molar-refractivity contribution in [3.63, 3.8) is 0 Å². The molecular weight excluding hydrogens is 851 g/mol. The molecule has 0 saturated carbocycles. The SMILES string of the molecule is CCCCCCCCCCCC/C=C\CCCCCCCCCC(=O)NC(COC1OC(CO)C(O)C(O)C1O)C(O)/C=C/CC/C=C/CC/C=C/CCCCCCCCCCCCCCCC. The number of unbranched alkanes of at least 4 members (excludes halogenated alkanes) is 33. The van der Waals surface area contributed by atoms with Crippen LogP contribution in [0.5, 0.6) is 0 Å². The second-order valence-electron chi connectivity index (χ2n) is 20.1. The van der Waals surface area contributed by atoms with Crippen LogP contribution in [0, 0.1) is 0 Å². The van der Waals surface area contributed by atoms with Crippen LogP contribution in [0.25, 0.3) is 0 Å². The van der Waals surface area contributed by atoms with E-state index in [-0.39, 0.29) is 12.5 Å². The molecule has 1 amide bonds. The number of ether oxygens (including phenoxy) is 2. The maximum absolute atomic E-state index is 13.0. The fourth-order valence-corrected chi connectivity index (χ4v) is 9.01. The summed E-state index contributed by atoms with van der Waals surface area (Å²) in [4.78, 5) is 13.0. The van der Waals surface area contributed by atoms with Crippen molar-refractivity contribution in [3.05, 3.63) is 48.6 Å². The van der Waals surface area contributed by atoms with E-state index in [1.54, 1.807) is 6.08 Å². The average molecular weight is 961 g/mol. The minimum Gasteiger partial charge on any atom is -0.394 e. The number of carbonyl (C=O) groups excluding carboxylic acids is 1. The van der Waals surface area contributed by atoms with Crippen LogP contribution in [0.15, 0.2) is 48.6 Å². The van der Waals surface area contributed by atoms with Crippen molar-refractivity contribution in [3.8, 4) is 0 Å². The predicted molar refractivity (Wildman–Crippen MR) is 286 cm³/mol. The monoisotopic (exact) mass is 960 g/mol. The highest BCUT2D eigenvalue weighted by Gasteiger charge is 2.44. The highest BCUT2D eigenvalue weighted by molar-refractivity contribution is 5.76. The lowest BCUT2D eigenvalue weighted by molar-refractivity contribution is -0.302. The molecule has 1 rings (SSSR count). The Morgan fingerprint density at radius 1 is 0.485 bits per heavy atom. The summed E-state index contributed by atoms with van der Waals surface area (Å²) in [6.07, 6.45) is 57.5. The fraction of sp³-hybridized carbons (Fsp3) is 0.847. The summed E-state index contributed by atoms with van der Waals surface area (Å²) in [5.41, 5.74) is 0. The topological polar surface area (TPSA) is 149 Å². The predicted octanol–water partition coefficient (Wildman–Crippen LogP) is 14.1. The molecule has 9 nitrogen and oxygen atoms in total. The molecule has 7 atom stereocenters. The Morgan fingerprint density at radius 3 is 1.24 bits per heavy atom. The van der Waals surface area contributed by atoms with Crippen LogP contribution < -0.4 is 5.32 Å². The normalized spacial score (nSPS) is 19.9. The molecule has 1 saturated heterocycles. The Kier molecular flexibility index (Phi) is 46.0. The summed E-state index contributed by atoms with van der Waals surface area (Å²) < 4.78 is 11.3. The maximum Gasteiger partial charge on any atom is 0.220 e. The molecule has 1 aliphatic heterocycles. The molecule has 68 heavy (non-hydrogen) atoms. The van der Waals surface area contributed by atoms with E-state index in [0.29, 0.717) is 6.42 Å². The zero-order chi connectivity index (χ0) is 49.4. The zero-order valence-corrected chi connectivity index (χ0v) is 44.1. The largest absolute Gasteiger partial charge is 0.394 e. The van der Waals surface area contributed by atoms with Crippen molar-refractivity contribution >= 4 is 5.91 Å². The third-order valence-electron chi connectivity index (χ3n) is 13.6. The van der Waals surface area contributed by atoms with Gasteiger partial charge in [0, 0.05) is 6.42 Å². The van der Waals surface area contributed by atoms with Crippen molar-refractivity contribution in [2.24, 2.45) is 0 Å². The quantitative estimate of drug-likeness (QED) is 0.0261. The van der Waals surface area contributed by atoms with Crippen LogP contribution in [0.3, 0.4) is 0 Å². The first-order valence-electron chi connectivity index (χ1n) is 28.9. The van der Waals surface area contributed by atoms with Crippen molar-refractivity contribution in [2.45, 2.75) is 307 Å². The number of amides is 1. The molecular formula is C59H109NO8. The minimum absolute atomic E-state index is 0.194. The molecule has 0 bridgehead atoms. The number of aliphatic hydroxyl groups is 5. The van der Waals surface area contributed by atoms with Gasteiger partial charge in [0.25, 0.3) is 0 Å². The number of rotatable bonds is 49. The van der Waals surface area contributed by atoms with Gasteiger partial charge in [-0.3, -0.25) is 4.79 Å². The number of hydrogen-bond donors (Lipinski definition) is 6. The van der Waals surface area contributed by atoms with Gasteiger partial charge in [-0.25, -0.2) is 0 Å². The average Bonchev–Trinajstić information content (AvgIpc) is 3.34. The van der Waals surface area contributed by atoms with Crippen LogP contribution in [-0.4, -0.2) is 87.5 Å². The third kappa shape index (κ3) is 37.9. The van der Waals surface area contributed by atoms with Crippen molar-refractivity contribution in [1.82, 2.24) is 5.32 Å². The van der Waals surface area contributed by atoms with E-state index in [9.17, 15) is 30.3 Å². The van der Waals surface area contributed by atoms with Crippen LogP contribution in [-0.2, 0) is 14.3 Å². The smallest absolute Gasteiger partial charge is 0.220 e. The lowest BCUT2D eigenvalue weighted by atomic mass is 9.99. The van der Waals surface area contributed by atoms with Gasteiger partial charge >= 0.3 is 0 Å². The molecule has 6 N–H and O–H groups in total. The fourth-order valence-electron chi connectivity index (χ4n) is 9.01. The van der Waals surface area contributed by atoms with Gasteiger partial charge in [0.15, 0.2) is 6.29 Å². The molecule has 0 radical (unpaired) electrons. The first-order chi connectivity index (χ1) is 33.3. The Hall–Kier alpha value is -1.85. The lowest BCUT2D eigenvalue weighted by Gasteiger charge is -2.40. The molecule has 0 aromatic heterocycles. The number of allylic oxidation sites excluding steroid dienone is 7. The zero-order valence-electron chi connectivity index (χ0n) is 44.1. The summed E-state index contributed by atoms with van der Waals surface area (Å²) in [5, 5.41) is 54.5. The Bertz CT molecular complexity index is 1210. The van der Waals surface area contributed by atoms with Crippen LogP contribution in [0.1, 0.15) is 264 Å². The molecule has 7 unspecified atom stereocenters. The van der Waals surface area contributed by atoms with E-state index < -0.39 is 49.5 Å². The summed E-state index contributed by atoms with van der Waals surface area (Å²) in [6, 6.07) is -0.832.